The first-order valence-electron chi connectivity index (χ1n) is 6.36. The fraction of sp³-hybridized carbons (Fsp3) is 0.467. The molecule has 18 heavy (non-hydrogen) atoms. The van der Waals surface area contributed by atoms with Crippen molar-refractivity contribution in [1.82, 2.24) is 0 Å². The molecular formula is C15H22O3. The summed E-state index contributed by atoms with van der Waals surface area (Å²) >= 11 is 0. The molecule has 3 nitrogen and oxygen atoms in total. The van der Waals surface area contributed by atoms with Gasteiger partial charge in [0.1, 0.15) is 12.4 Å². The highest BCUT2D eigenvalue weighted by atomic mass is 16.7. The van der Waals surface area contributed by atoms with Crippen LogP contribution in [0, 0.1) is 0 Å². The van der Waals surface area contributed by atoms with Crippen LogP contribution >= 0.6 is 0 Å². The van der Waals surface area contributed by atoms with Crippen molar-refractivity contribution in [2.24, 2.45) is 0 Å². The molecular weight excluding hydrogens is 228 g/mol. The Balaban J connectivity index is 2.43. The van der Waals surface area contributed by atoms with Crippen LogP contribution in [0.3, 0.4) is 0 Å². The summed E-state index contributed by atoms with van der Waals surface area (Å²) in [6.07, 6.45) is 2.46. The lowest BCUT2D eigenvalue weighted by Crippen LogP contribution is -2.25. The molecule has 1 aromatic rings. The van der Waals surface area contributed by atoms with E-state index >= 15 is 0 Å². The normalized spacial score (nSPS) is 10.6. The molecule has 0 unspecified atom stereocenters. The molecule has 0 spiro atoms. The van der Waals surface area contributed by atoms with Crippen molar-refractivity contribution in [2.75, 3.05) is 19.8 Å². The highest BCUT2D eigenvalue weighted by molar-refractivity contribution is 5.28. The minimum absolute atomic E-state index is 0.298. The van der Waals surface area contributed by atoms with Crippen LogP contribution in [0.1, 0.15) is 19.4 Å². The van der Waals surface area contributed by atoms with Gasteiger partial charge in [-0.2, -0.15) is 0 Å². The van der Waals surface area contributed by atoms with Crippen LogP contribution in [0.5, 0.6) is 5.75 Å². The Morgan fingerprint density at radius 2 is 1.72 bits per heavy atom. The van der Waals surface area contributed by atoms with Crippen LogP contribution in [-0.4, -0.2) is 26.1 Å². The lowest BCUT2D eigenvalue weighted by atomic mass is 10.1. The number of hydrogen-bond donors (Lipinski definition) is 0. The Morgan fingerprint density at radius 1 is 1.11 bits per heavy atom. The largest absolute Gasteiger partial charge is 0.488 e. The number of allylic oxidation sites excluding steroid dienone is 1. The molecule has 0 aliphatic carbocycles. The molecule has 0 aliphatic rings. The second-order valence-corrected chi connectivity index (χ2v) is 3.79. The monoisotopic (exact) mass is 250 g/mol. The number of ether oxygens (including phenoxy) is 3. The fourth-order valence-electron chi connectivity index (χ4n) is 1.57. The zero-order chi connectivity index (χ0) is 13.2. The quantitative estimate of drug-likeness (QED) is 0.497. The van der Waals surface area contributed by atoms with Crippen LogP contribution in [0.15, 0.2) is 36.9 Å². The lowest BCUT2D eigenvalue weighted by molar-refractivity contribution is -0.152. The SMILES string of the molecule is C=CCc1ccc(OCC(OCC)OCC)cc1. The third kappa shape index (κ3) is 5.34. The summed E-state index contributed by atoms with van der Waals surface area (Å²) in [5.41, 5.74) is 1.23. The van der Waals surface area contributed by atoms with Gasteiger partial charge in [0.25, 0.3) is 0 Å². The zero-order valence-electron chi connectivity index (χ0n) is 11.2. The molecule has 0 radical (unpaired) electrons. The number of hydrogen-bond acceptors (Lipinski definition) is 3. The van der Waals surface area contributed by atoms with Crippen molar-refractivity contribution in [3.05, 3.63) is 42.5 Å². The average Bonchev–Trinajstić information content (AvgIpc) is 2.38. The summed E-state index contributed by atoms with van der Waals surface area (Å²) in [6, 6.07) is 7.97. The van der Waals surface area contributed by atoms with E-state index in [0.29, 0.717) is 19.8 Å². The van der Waals surface area contributed by atoms with Crippen molar-refractivity contribution >= 4 is 0 Å². The average molecular weight is 250 g/mol. The highest BCUT2D eigenvalue weighted by Gasteiger charge is 2.08. The first-order chi connectivity index (χ1) is 8.80. The van der Waals surface area contributed by atoms with Crippen molar-refractivity contribution in [3.63, 3.8) is 0 Å². The van der Waals surface area contributed by atoms with Gasteiger partial charge in [0, 0.05) is 13.2 Å². The van der Waals surface area contributed by atoms with Crippen LogP contribution in [-0.2, 0) is 15.9 Å². The topological polar surface area (TPSA) is 27.7 Å². The Labute approximate surface area is 109 Å². The second kappa shape index (κ2) is 8.72. The van der Waals surface area contributed by atoms with Crippen LogP contribution in [0.4, 0.5) is 0 Å². The van der Waals surface area contributed by atoms with Gasteiger partial charge in [0.15, 0.2) is 6.29 Å². The van der Waals surface area contributed by atoms with E-state index in [-0.39, 0.29) is 6.29 Å². The zero-order valence-corrected chi connectivity index (χ0v) is 11.2. The third-order valence-corrected chi connectivity index (χ3v) is 2.39. The molecule has 0 aromatic heterocycles. The Morgan fingerprint density at radius 3 is 2.22 bits per heavy atom. The van der Waals surface area contributed by atoms with Gasteiger partial charge in [-0.15, -0.1) is 6.58 Å². The van der Waals surface area contributed by atoms with Gasteiger partial charge >= 0.3 is 0 Å². The molecule has 0 N–H and O–H groups in total. The fourth-order valence-corrected chi connectivity index (χ4v) is 1.57. The molecule has 0 aliphatic heterocycles. The summed E-state index contributed by atoms with van der Waals surface area (Å²) in [6.45, 7) is 9.24. The van der Waals surface area contributed by atoms with E-state index < -0.39 is 0 Å². The van der Waals surface area contributed by atoms with Gasteiger partial charge in [-0.05, 0) is 38.0 Å². The Kier molecular flexibility index (Phi) is 7.14. The van der Waals surface area contributed by atoms with E-state index in [9.17, 15) is 0 Å². The molecule has 1 rings (SSSR count). The molecule has 0 amide bonds. The van der Waals surface area contributed by atoms with Crippen molar-refractivity contribution < 1.29 is 14.2 Å². The summed E-state index contributed by atoms with van der Waals surface area (Å²) in [4.78, 5) is 0. The van der Waals surface area contributed by atoms with Gasteiger partial charge in [0.05, 0.1) is 0 Å². The molecule has 100 valence electrons. The van der Waals surface area contributed by atoms with Crippen molar-refractivity contribution in [1.29, 1.82) is 0 Å². The van der Waals surface area contributed by atoms with E-state index in [1.54, 1.807) is 0 Å². The van der Waals surface area contributed by atoms with Crippen LogP contribution in [0.2, 0.25) is 0 Å². The van der Waals surface area contributed by atoms with Gasteiger partial charge in [-0.1, -0.05) is 18.2 Å². The highest BCUT2D eigenvalue weighted by Crippen LogP contribution is 2.13. The van der Waals surface area contributed by atoms with E-state index in [1.807, 2.05) is 44.2 Å². The molecule has 0 fully saturated rings. The summed E-state index contributed by atoms with van der Waals surface area (Å²) in [5, 5.41) is 0. The summed E-state index contributed by atoms with van der Waals surface area (Å²) in [5.74, 6) is 0.826. The predicted molar refractivity (Wildman–Crippen MR) is 72.9 cm³/mol. The molecule has 0 atom stereocenters. The predicted octanol–water partition coefficient (Wildman–Crippen LogP) is 3.19. The second-order valence-electron chi connectivity index (χ2n) is 3.79. The van der Waals surface area contributed by atoms with Gasteiger partial charge in [-0.3, -0.25) is 0 Å². The number of rotatable bonds is 9. The van der Waals surface area contributed by atoms with E-state index in [1.165, 1.54) is 5.56 Å². The minimum Gasteiger partial charge on any atom is -0.488 e. The molecule has 1 aromatic carbocycles. The Hall–Kier alpha value is -1.32. The first kappa shape index (κ1) is 14.7. The maximum absolute atomic E-state index is 5.63. The first-order valence-corrected chi connectivity index (χ1v) is 6.36. The summed E-state index contributed by atoms with van der Waals surface area (Å²) < 4.78 is 16.4. The van der Waals surface area contributed by atoms with Crippen molar-refractivity contribution in [3.8, 4) is 5.75 Å². The molecule has 3 heteroatoms. The number of benzene rings is 1. The van der Waals surface area contributed by atoms with E-state index in [4.69, 9.17) is 14.2 Å². The smallest absolute Gasteiger partial charge is 0.191 e. The molecule has 0 saturated carbocycles. The van der Waals surface area contributed by atoms with Gasteiger partial charge in [0.2, 0.25) is 0 Å². The maximum atomic E-state index is 5.63. The van der Waals surface area contributed by atoms with Crippen LogP contribution in [0.25, 0.3) is 0 Å². The third-order valence-electron chi connectivity index (χ3n) is 2.39. The standard InChI is InChI=1S/C15H22O3/c1-4-7-13-8-10-14(11-9-13)18-12-15(16-5-2)17-6-3/h4,8-11,15H,1,5-7,12H2,2-3H3. The molecule has 0 bridgehead atoms. The Bertz CT molecular complexity index is 326. The maximum Gasteiger partial charge on any atom is 0.191 e. The van der Waals surface area contributed by atoms with Crippen molar-refractivity contribution in [2.45, 2.75) is 26.6 Å². The van der Waals surface area contributed by atoms with Gasteiger partial charge < -0.3 is 14.2 Å². The van der Waals surface area contributed by atoms with Crippen LogP contribution < -0.4 is 4.74 Å². The lowest BCUT2D eigenvalue weighted by Gasteiger charge is -2.17. The van der Waals surface area contributed by atoms with E-state index in [2.05, 4.69) is 6.58 Å². The molecule has 0 saturated heterocycles. The van der Waals surface area contributed by atoms with E-state index in [0.717, 1.165) is 12.2 Å². The minimum atomic E-state index is -0.298. The molecule has 0 heterocycles. The summed E-state index contributed by atoms with van der Waals surface area (Å²) in [7, 11) is 0. The van der Waals surface area contributed by atoms with Gasteiger partial charge in [-0.25, -0.2) is 0 Å².